The lowest BCUT2D eigenvalue weighted by molar-refractivity contribution is 0.222. The Bertz CT molecular complexity index is 1560. The van der Waals surface area contributed by atoms with Crippen LogP contribution in [-0.2, 0) is 0 Å². The number of benzene rings is 3. The third kappa shape index (κ3) is 3.64. The molecule has 10 heteroatoms. The molecule has 0 aliphatic carbocycles. The molecule has 0 amide bonds. The minimum Gasteiger partial charge on any atom is -0.508 e. The fraction of sp³-hybridized carbons (Fsp3) is 0.214. The van der Waals surface area contributed by atoms with E-state index in [4.69, 9.17) is 23.7 Å². The van der Waals surface area contributed by atoms with E-state index in [2.05, 4.69) is 15.4 Å². The fourth-order valence-corrected chi connectivity index (χ4v) is 5.09. The van der Waals surface area contributed by atoms with Gasteiger partial charge in [-0.25, -0.2) is 4.68 Å². The molecule has 0 fully saturated rings. The molecular formula is C28H26N4O6. The molecule has 2 unspecified atom stereocenters. The number of methoxy groups -OCH3 is 4. The molecule has 0 bridgehead atoms. The average molecular weight is 515 g/mol. The van der Waals surface area contributed by atoms with Gasteiger partial charge in [-0.3, -0.25) is 0 Å². The summed E-state index contributed by atoms with van der Waals surface area (Å²) in [6.45, 7) is 0. The van der Waals surface area contributed by atoms with Crippen molar-refractivity contribution >= 4 is 11.6 Å². The minimum absolute atomic E-state index is 0.125. The second-order valence-corrected chi connectivity index (χ2v) is 8.79. The summed E-state index contributed by atoms with van der Waals surface area (Å²) in [6.07, 6.45) is 0.967. The number of phenolic OH excluding ortho intramolecular Hbond substituents is 1. The van der Waals surface area contributed by atoms with E-state index < -0.39 is 12.1 Å². The van der Waals surface area contributed by atoms with Crippen LogP contribution >= 0.6 is 0 Å². The summed E-state index contributed by atoms with van der Waals surface area (Å²) < 4.78 is 30.6. The van der Waals surface area contributed by atoms with Gasteiger partial charge in [-0.2, -0.15) is 10.1 Å². The number of phenols is 1. The Kier molecular flexibility index (Phi) is 5.71. The van der Waals surface area contributed by atoms with Crippen LogP contribution in [-0.4, -0.2) is 48.3 Å². The lowest BCUT2D eigenvalue weighted by Crippen LogP contribution is -2.32. The standard InChI is InChI=1S/C28H26N4O6/c1-34-20-8-5-15(11-22(20)36-3)26-24-25(31-28-29-14-30-32(26)28)18-13-17(33)7-10-19(18)38-27(24)16-6-9-21(35-2)23(12-16)37-4/h5-14,26-27,33H,1-4H3,(H,29,30,31). The van der Waals surface area contributed by atoms with Crippen molar-refractivity contribution in [2.75, 3.05) is 33.8 Å². The number of nitrogens with zero attached hydrogens (tertiary/aromatic N) is 3. The molecule has 4 aromatic rings. The van der Waals surface area contributed by atoms with Crippen LogP contribution in [0.4, 0.5) is 5.95 Å². The van der Waals surface area contributed by atoms with E-state index in [0.717, 1.165) is 28.0 Å². The van der Waals surface area contributed by atoms with Crippen LogP contribution < -0.4 is 29.0 Å². The summed E-state index contributed by atoms with van der Waals surface area (Å²) in [7, 11) is 6.40. The third-order valence-corrected chi connectivity index (χ3v) is 6.83. The third-order valence-electron chi connectivity index (χ3n) is 6.83. The largest absolute Gasteiger partial charge is 0.508 e. The Labute approximate surface area is 219 Å². The second-order valence-electron chi connectivity index (χ2n) is 8.79. The van der Waals surface area contributed by atoms with Crippen molar-refractivity contribution in [2.24, 2.45) is 0 Å². The number of hydrogen-bond acceptors (Lipinski definition) is 9. The van der Waals surface area contributed by atoms with Gasteiger partial charge in [0.2, 0.25) is 5.95 Å². The van der Waals surface area contributed by atoms with Crippen molar-refractivity contribution in [2.45, 2.75) is 12.1 Å². The number of aromatic hydroxyl groups is 1. The summed E-state index contributed by atoms with van der Waals surface area (Å²) >= 11 is 0. The molecule has 0 saturated heterocycles. The van der Waals surface area contributed by atoms with Crippen molar-refractivity contribution < 1.29 is 28.8 Å². The molecule has 2 N–H and O–H groups in total. The average Bonchev–Trinajstić information content (AvgIpc) is 3.43. The smallest absolute Gasteiger partial charge is 0.226 e. The first-order valence-corrected chi connectivity index (χ1v) is 11.9. The van der Waals surface area contributed by atoms with Gasteiger partial charge in [0.25, 0.3) is 0 Å². The Morgan fingerprint density at radius 1 is 0.816 bits per heavy atom. The van der Waals surface area contributed by atoms with Crippen molar-refractivity contribution in [3.63, 3.8) is 0 Å². The van der Waals surface area contributed by atoms with E-state index in [-0.39, 0.29) is 5.75 Å². The molecule has 2 aliphatic heterocycles. The van der Waals surface area contributed by atoms with Gasteiger partial charge < -0.3 is 34.1 Å². The van der Waals surface area contributed by atoms with Gasteiger partial charge in [0.15, 0.2) is 23.0 Å². The Balaban J connectivity index is 1.61. The molecule has 0 spiro atoms. The number of rotatable bonds is 6. The van der Waals surface area contributed by atoms with Crippen molar-refractivity contribution in [3.05, 3.63) is 83.2 Å². The van der Waals surface area contributed by atoms with Gasteiger partial charge >= 0.3 is 0 Å². The van der Waals surface area contributed by atoms with Crippen molar-refractivity contribution in [1.82, 2.24) is 14.8 Å². The highest BCUT2D eigenvalue weighted by Crippen LogP contribution is 2.52. The highest BCUT2D eigenvalue weighted by Gasteiger charge is 2.41. The van der Waals surface area contributed by atoms with Crippen LogP contribution in [0.25, 0.3) is 5.70 Å². The molecule has 10 nitrogen and oxygen atoms in total. The molecule has 3 heterocycles. The maximum Gasteiger partial charge on any atom is 0.226 e. The van der Waals surface area contributed by atoms with Gasteiger partial charge in [0, 0.05) is 16.7 Å². The zero-order chi connectivity index (χ0) is 26.4. The molecule has 3 aromatic carbocycles. The van der Waals surface area contributed by atoms with Crippen LogP contribution in [0.3, 0.4) is 0 Å². The van der Waals surface area contributed by atoms with Crippen molar-refractivity contribution in [1.29, 1.82) is 0 Å². The summed E-state index contributed by atoms with van der Waals surface area (Å²) in [5, 5.41) is 18.3. The first-order valence-electron chi connectivity index (χ1n) is 11.9. The van der Waals surface area contributed by atoms with E-state index >= 15 is 0 Å². The van der Waals surface area contributed by atoms with Crippen LogP contribution in [0, 0.1) is 0 Å². The molecule has 0 saturated carbocycles. The van der Waals surface area contributed by atoms with Gasteiger partial charge in [-0.15, -0.1) is 0 Å². The molecule has 0 radical (unpaired) electrons. The monoisotopic (exact) mass is 514 g/mol. The van der Waals surface area contributed by atoms with Gasteiger partial charge in [0.05, 0.1) is 34.1 Å². The molecule has 194 valence electrons. The van der Waals surface area contributed by atoms with Crippen LogP contribution in [0.1, 0.15) is 28.8 Å². The van der Waals surface area contributed by atoms with Gasteiger partial charge in [0.1, 0.15) is 30.0 Å². The number of ether oxygens (including phenoxy) is 5. The normalized spacial score (nSPS) is 17.4. The Hall–Kier alpha value is -4.86. The van der Waals surface area contributed by atoms with Crippen molar-refractivity contribution in [3.8, 4) is 34.5 Å². The number of anilines is 1. The number of nitrogens with one attached hydrogen (secondary N) is 1. The molecule has 2 aliphatic rings. The van der Waals surface area contributed by atoms with E-state index in [0.29, 0.717) is 34.7 Å². The van der Waals surface area contributed by atoms with Gasteiger partial charge in [-0.05, 0) is 48.0 Å². The molecule has 2 atom stereocenters. The Morgan fingerprint density at radius 2 is 1.47 bits per heavy atom. The lowest BCUT2D eigenvalue weighted by atomic mass is 9.84. The maximum atomic E-state index is 10.4. The van der Waals surface area contributed by atoms with E-state index in [1.54, 1.807) is 46.6 Å². The number of hydrogen-bond donors (Lipinski definition) is 2. The zero-order valence-corrected chi connectivity index (χ0v) is 21.3. The Morgan fingerprint density at radius 3 is 2.16 bits per heavy atom. The summed E-state index contributed by atoms with van der Waals surface area (Å²) in [6, 6.07) is 16.1. The number of fused-ring (bicyclic) bond motifs is 3. The SMILES string of the molecule is COc1ccc(C2Oc3ccc(O)cc3C3=C2C(c2ccc(OC)c(OC)c2)n2ncnc2N3)cc1OC. The first-order chi connectivity index (χ1) is 18.6. The van der Waals surface area contributed by atoms with E-state index in [9.17, 15) is 5.11 Å². The number of aromatic nitrogens is 3. The van der Waals surface area contributed by atoms with E-state index in [1.165, 1.54) is 6.33 Å². The van der Waals surface area contributed by atoms with E-state index in [1.807, 2.05) is 41.1 Å². The summed E-state index contributed by atoms with van der Waals surface area (Å²) in [5.74, 6) is 3.71. The lowest BCUT2D eigenvalue weighted by Gasteiger charge is -2.39. The maximum absolute atomic E-state index is 10.4. The molecule has 6 rings (SSSR count). The predicted octanol–water partition coefficient (Wildman–Crippen LogP) is 4.58. The molecular weight excluding hydrogens is 488 g/mol. The highest BCUT2D eigenvalue weighted by atomic mass is 16.5. The quantitative estimate of drug-likeness (QED) is 0.382. The summed E-state index contributed by atoms with van der Waals surface area (Å²) in [4.78, 5) is 4.45. The first kappa shape index (κ1) is 23.5. The predicted molar refractivity (Wildman–Crippen MR) is 139 cm³/mol. The van der Waals surface area contributed by atoms with Crippen LogP contribution in [0.5, 0.6) is 34.5 Å². The van der Waals surface area contributed by atoms with Gasteiger partial charge in [-0.1, -0.05) is 12.1 Å². The van der Waals surface area contributed by atoms with Crippen LogP contribution in [0.2, 0.25) is 0 Å². The topological polar surface area (TPSA) is 109 Å². The minimum atomic E-state index is -0.537. The molecule has 38 heavy (non-hydrogen) atoms. The second kappa shape index (κ2) is 9.22. The highest BCUT2D eigenvalue weighted by molar-refractivity contribution is 5.85. The molecule has 1 aromatic heterocycles. The zero-order valence-electron chi connectivity index (χ0n) is 21.3. The summed E-state index contributed by atoms with van der Waals surface area (Å²) in [5.41, 5.74) is 4.12. The van der Waals surface area contributed by atoms with Crippen LogP contribution in [0.15, 0.2) is 66.5 Å². The fourth-order valence-electron chi connectivity index (χ4n) is 5.09.